The maximum atomic E-state index is 11.7. The normalized spacial score (nSPS) is 9.86. The van der Waals surface area contributed by atoms with Crippen molar-refractivity contribution in [1.29, 1.82) is 5.26 Å². The largest absolute Gasteiger partial charge is 0.482 e. The zero-order valence-corrected chi connectivity index (χ0v) is 12.6. The molecule has 0 aromatic heterocycles. The third kappa shape index (κ3) is 4.35. The number of ether oxygens (including phenoxy) is 2. The number of aryl methyl sites for hydroxylation is 2. The molecule has 0 saturated carbocycles. The van der Waals surface area contributed by atoms with Crippen LogP contribution in [0.25, 0.3) is 0 Å². The summed E-state index contributed by atoms with van der Waals surface area (Å²) in [5.41, 5.74) is 3.54. The fourth-order valence-corrected chi connectivity index (χ4v) is 1.98. The van der Waals surface area contributed by atoms with E-state index in [1.165, 1.54) is 0 Å². The van der Waals surface area contributed by atoms with Gasteiger partial charge in [0, 0.05) is 0 Å². The van der Waals surface area contributed by atoms with Crippen LogP contribution in [-0.2, 0) is 16.1 Å². The minimum absolute atomic E-state index is 0.125. The van der Waals surface area contributed by atoms with Crippen LogP contribution in [0.1, 0.15) is 22.3 Å². The molecule has 0 unspecified atom stereocenters. The first-order valence-corrected chi connectivity index (χ1v) is 6.93. The third-order valence-corrected chi connectivity index (χ3v) is 3.16. The van der Waals surface area contributed by atoms with Gasteiger partial charge in [0.2, 0.25) is 0 Å². The highest BCUT2D eigenvalue weighted by atomic mass is 16.6. The van der Waals surface area contributed by atoms with Gasteiger partial charge < -0.3 is 9.47 Å². The molecule has 0 spiro atoms. The van der Waals surface area contributed by atoms with E-state index in [4.69, 9.17) is 14.7 Å². The molecule has 22 heavy (non-hydrogen) atoms. The molecule has 0 N–H and O–H groups in total. The minimum atomic E-state index is -0.427. The molecule has 2 aromatic rings. The summed E-state index contributed by atoms with van der Waals surface area (Å²) >= 11 is 0. The Bertz CT molecular complexity index is 699. The van der Waals surface area contributed by atoms with E-state index in [9.17, 15) is 4.79 Å². The van der Waals surface area contributed by atoms with Crippen molar-refractivity contribution < 1.29 is 14.3 Å². The van der Waals surface area contributed by atoms with E-state index in [1.807, 2.05) is 38.1 Å². The van der Waals surface area contributed by atoms with Crippen molar-refractivity contribution in [2.45, 2.75) is 20.5 Å². The summed E-state index contributed by atoms with van der Waals surface area (Å²) in [6.45, 7) is 3.98. The molecule has 112 valence electrons. The van der Waals surface area contributed by atoms with Gasteiger partial charge in [-0.3, -0.25) is 0 Å². The minimum Gasteiger partial charge on any atom is -0.482 e. The second-order valence-electron chi connectivity index (χ2n) is 5.03. The summed E-state index contributed by atoms with van der Waals surface area (Å²) in [5, 5.41) is 8.71. The van der Waals surface area contributed by atoms with Gasteiger partial charge >= 0.3 is 5.97 Å². The van der Waals surface area contributed by atoms with E-state index in [1.54, 1.807) is 24.3 Å². The standard InChI is InChI=1S/C18H17NO3/c1-13-3-8-17(14(2)9-13)21-12-18(20)22-11-16-6-4-15(10-19)5-7-16/h3-9H,11-12H2,1-2H3. The van der Waals surface area contributed by atoms with Crippen LogP contribution in [0.5, 0.6) is 5.75 Å². The van der Waals surface area contributed by atoms with E-state index >= 15 is 0 Å². The summed E-state index contributed by atoms with van der Waals surface area (Å²) in [4.78, 5) is 11.7. The lowest BCUT2D eigenvalue weighted by Gasteiger charge is -2.09. The van der Waals surface area contributed by atoms with Crippen molar-refractivity contribution in [2.75, 3.05) is 6.61 Å². The first-order valence-electron chi connectivity index (χ1n) is 6.93. The van der Waals surface area contributed by atoms with Crippen LogP contribution >= 0.6 is 0 Å². The van der Waals surface area contributed by atoms with E-state index in [0.717, 1.165) is 16.7 Å². The highest BCUT2D eigenvalue weighted by Gasteiger charge is 2.07. The maximum Gasteiger partial charge on any atom is 0.344 e. The lowest BCUT2D eigenvalue weighted by atomic mass is 10.1. The SMILES string of the molecule is Cc1ccc(OCC(=O)OCc2ccc(C#N)cc2)c(C)c1. The molecule has 0 saturated heterocycles. The van der Waals surface area contributed by atoms with Crippen molar-refractivity contribution in [2.24, 2.45) is 0 Å². The Morgan fingerprint density at radius 3 is 2.50 bits per heavy atom. The van der Waals surface area contributed by atoms with Crippen LogP contribution < -0.4 is 4.74 Å². The molecular weight excluding hydrogens is 278 g/mol. The molecule has 0 amide bonds. The van der Waals surface area contributed by atoms with Crippen LogP contribution in [0.4, 0.5) is 0 Å². The van der Waals surface area contributed by atoms with Crippen LogP contribution in [0.15, 0.2) is 42.5 Å². The Balaban J connectivity index is 1.81. The number of carbonyl (C=O) groups is 1. The Morgan fingerprint density at radius 2 is 1.86 bits per heavy atom. The Kier molecular flexibility index (Phi) is 5.16. The summed E-state index contributed by atoms with van der Waals surface area (Å²) < 4.78 is 10.6. The van der Waals surface area contributed by atoms with Crippen LogP contribution in [0, 0.1) is 25.2 Å². The van der Waals surface area contributed by atoms with E-state index < -0.39 is 5.97 Å². The first-order chi connectivity index (χ1) is 10.6. The second kappa shape index (κ2) is 7.28. The second-order valence-corrected chi connectivity index (χ2v) is 5.03. The summed E-state index contributed by atoms with van der Waals surface area (Å²) in [7, 11) is 0. The molecule has 0 atom stereocenters. The average molecular weight is 295 g/mol. The molecule has 0 aliphatic heterocycles. The van der Waals surface area contributed by atoms with Crippen LogP contribution in [0.3, 0.4) is 0 Å². The Morgan fingerprint density at radius 1 is 1.14 bits per heavy atom. The van der Waals surface area contributed by atoms with Crippen LogP contribution in [-0.4, -0.2) is 12.6 Å². The van der Waals surface area contributed by atoms with Gasteiger partial charge in [-0.2, -0.15) is 5.26 Å². The van der Waals surface area contributed by atoms with Crippen molar-refractivity contribution in [3.8, 4) is 11.8 Å². The van der Waals surface area contributed by atoms with Crippen molar-refractivity contribution in [3.63, 3.8) is 0 Å². The van der Waals surface area contributed by atoms with Gasteiger partial charge in [0.1, 0.15) is 12.4 Å². The highest BCUT2D eigenvalue weighted by Crippen LogP contribution is 2.18. The molecule has 0 aliphatic rings. The summed E-state index contributed by atoms with van der Waals surface area (Å²) in [6.07, 6.45) is 0. The molecule has 2 rings (SSSR count). The predicted molar refractivity (Wildman–Crippen MR) is 82.4 cm³/mol. The topological polar surface area (TPSA) is 59.3 Å². The zero-order chi connectivity index (χ0) is 15.9. The van der Waals surface area contributed by atoms with Gasteiger partial charge in [-0.25, -0.2) is 4.79 Å². The maximum absolute atomic E-state index is 11.7. The average Bonchev–Trinajstić information content (AvgIpc) is 2.52. The highest BCUT2D eigenvalue weighted by molar-refractivity contribution is 5.71. The number of carbonyl (C=O) groups excluding carboxylic acids is 1. The summed E-state index contributed by atoms with van der Waals surface area (Å²) in [6, 6.07) is 14.7. The number of nitriles is 1. The van der Waals surface area contributed by atoms with E-state index in [-0.39, 0.29) is 13.2 Å². The quantitative estimate of drug-likeness (QED) is 0.794. The van der Waals surface area contributed by atoms with Gasteiger partial charge in [-0.1, -0.05) is 29.8 Å². The van der Waals surface area contributed by atoms with Crippen molar-refractivity contribution in [1.82, 2.24) is 0 Å². The zero-order valence-electron chi connectivity index (χ0n) is 12.6. The number of esters is 1. The number of rotatable bonds is 5. The van der Waals surface area contributed by atoms with E-state index in [2.05, 4.69) is 0 Å². The van der Waals surface area contributed by atoms with Crippen LogP contribution in [0.2, 0.25) is 0 Å². The molecule has 0 fully saturated rings. The van der Waals surface area contributed by atoms with Crippen molar-refractivity contribution >= 4 is 5.97 Å². The molecule has 2 aromatic carbocycles. The molecule has 0 aliphatic carbocycles. The number of benzene rings is 2. The number of nitrogens with zero attached hydrogens (tertiary/aromatic N) is 1. The van der Waals surface area contributed by atoms with E-state index in [0.29, 0.717) is 11.3 Å². The lowest BCUT2D eigenvalue weighted by Crippen LogP contribution is -2.15. The number of hydrogen-bond acceptors (Lipinski definition) is 4. The fourth-order valence-electron chi connectivity index (χ4n) is 1.98. The summed E-state index contributed by atoms with van der Waals surface area (Å²) in [5.74, 6) is 0.255. The molecule has 0 bridgehead atoms. The lowest BCUT2D eigenvalue weighted by molar-refractivity contribution is -0.147. The molecule has 0 heterocycles. The first kappa shape index (κ1) is 15.6. The molecule has 4 nitrogen and oxygen atoms in total. The van der Waals surface area contributed by atoms with Gasteiger partial charge in [0.25, 0.3) is 0 Å². The Labute approximate surface area is 129 Å². The van der Waals surface area contributed by atoms with Gasteiger partial charge in [0.15, 0.2) is 6.61 Å². The molecule has 4 heteroatoms. The third-order valence-electron chi connectivity index (χ3n) is 3.16. The van der Waals surface area contributed by atoms with Gasteiger partial charge in [0.05, 0.1) is 11.6 Å². The predicted octanol–water partition coefficient (Wildman–Crippen LogP) is 3.30. The fraction of sp³-hybridized carbons (Fsp3) is 0.222. The smallest absolute Gasteiger partial charge is 0.344 e. The van der Waals surface area contributed by atoms with Crippen molar-refractivity contribution in [3.05, 3.63) is 64.7 Å². The number of hydrogen-bond donors (Lipinski definition) is 0. The molecule has 0 radical (unpaired) electrons. The van der Waals surface area contributed by atoms with Gasteiger partial charge in [-0.05, 0) is 43.2 Å². The Hall–Kier alpha value is -2.80. The molecular formula is C18H17NO3. The van der Waals surface area contributed by atoms with Gasteiger partial charge in [-0.15, -0.1) is 0 Å². The monoisotopic (exact) mass is 295 g/mol.